The number of nitrogens with one attached hydrogen (secondary N) is 1. The fourth-order valence-electron chi connectivity index (χ4n) is 2.39. The molecule has 0 bridgehead atoms. The van der Waals surface area contributed by atoms with Crippen molar-refractivity contribution >= 4 is 11.9 Å². The fourth-order valence-corrected chi connectivity index (χ4v) is 2.39. The zero-order valence-electron chi connectivity index (χ0n) is 13.9. The molecule has 3 amide bonds. The van der Waals surface area contributed by atoms with Gasteiger partial charge in [0.1, 0.15) is 0 Å². The Bertz CT molecular complexity index is 762. The van der Waals surface area contributed by atoms with Crippen molar-refractivity contribution in [3.8, 4) is 17.4 Å². The van der Waals surface area contributed by atoms with Gasteiger partial charge in [-0.2, -0.15) is 0 Å². The van der Waals surface area contributed by atoms with Crippen LogP contribution in [-0.4, -0.2) is 35.0 Å². The summed E-state index contributed by atoms with van der Waals surface area (Å²) in [7, 11) is 0. The molecule has 3 rings (SSSR count). The first-order valence-electron chi connectivity index (χ1n) is 8.11. The minimum atomic E-state index is -0.411. The van der Waals surface area contributed by atoms with E-state index in [9.17, 15) is 9.59 Å². The van der Waals surface area contributed by atoms with Crippen molar-refractivity contribution in [2.75, 3.05) is 13.2 Å². The van der Waals surface area contributed by atoms with E-state index in [0.717, 1.165) is 11.3 Å². The molecule has 0 radical (unpaired) electrons. The largest absolute Gasteiger partial charge is 0.490 e. The maximum atomic E-state index is 11.8. The molecule has 1 N–H and O–H groups in total. The van der Waals surface area contributed by atoms with E-state index >= 15 is 0 Å². The minimum Gasteiger partial charge on any atom is -0.490 e. The Morgan fingerprint density at radius 1 is 1.16 bits per heavy atom. The van der Waals surface area contributed by atoms with Crippen LogP contribution < -0.4 is 14.8 Å². The van der Waals surface area contributed by atoms with E-state index in [1.54, 1.807) is 24.4 Å². The van der Waals surface area contributed by atoms with E-state index in [1.165, 1.54) is 0 Å². The smallest absolute Gasteiger partial charge is 0.324 e. The number of pyridine rings is 1. The van der Waals surface area contributed by atoms with E-state index in [4.69, 9.17) is 9.47 Å². The number of hydrogen-bond acceptors (Lipinski definition) is 5. The third-order valence-electron chi connectivity index (χ3n) is 3.63. The predicted octanol–water partition coefficient (Wildman–Crippen LogP) is 2.71. The molecule has 25 heavy (non-hydrogen) atoms. The molecule has 0 atom stereocenters. The SMILES string of the molecule is CCCOc1ccccc1Oc1ncccc1CN1C(=O)CNC1=O. The number of hydrogen-bond donors (Lipinski definition) is 1. The highest BCUT2D eigenvalue weighted by Crippen LogP contribution is 2.32. The van der Waals surface area contributed by atoms with E-state index < -0.39 is 6.03 Å². The van der Waals surface area contributed by atoms with Crippen LogP contribution in [0.2, 0.25) is 0 Å². The molecule has 2 aromatic rings. The lowest BCUT2D eigenvalue weighted by molar-refractivity contribution is -0.125. The molecule has 1 fully saturated rings. The number of carbonyl (C=O) groups excluding carboxylic acids is 2. The predicted molar refractivity (Wildman–Crippen MR) is 90.5 cm³/mol. The van der Waals surface area contributed by atoms with Crippen molar-refractivity contribution in [1.29, 1.82) is 0 Å². The molecule has 0 saturated carbocycles. The average molecular weight is 341 g/mol. The average Bonchev–Trinajstić information content (AvgIpc) is 2.94. The highest BCUT2D eigenvalue weighted by molar-refractivity contribution is 6.01. The molecule has 0 spiro atoms. The summed E-state index contributed by atoms with van der Waals surface area (Å²) in [6.45, 7) is 2.73. The highest BCUT2D eigenvalue weighted by atomic mass is 16.5. The number of urea groups is 1. The second-order valence-corrected chi connectivity index (χ2v) is 5.50. The molecule has 1 saturated heterocycles. The van der Waals surface area contributed by atoms with Gasteiger partial charge in [0.25, 0.3) is 0 Å². The Balaban J connectivity index is 1.82. The van der Waals surface area contributed by atoms with Gasteiger partial charge in [-0.1, -0.05) is 25.1 Å². The van der Waals surface area contributed by atoms with E-state index in [-0.39, 0.29) is 19.0 Å². The number of para-hydroxylation sites is 2. The molecule has 1 aliphatic heterocycles. The third kappa shape index (κ3) is 3.88. The van der Waals surface area contributed by atoms with Gasteiger partial charge in [-0.3, -0.25) is 9.69 Å². The van der Waals surface area contributed by atoms with Crippen LogP contribution in [0.3, 0.4) is 0 Å². The monoisotopic (exact) mass is 341 g/mol. The molecule has 0 aliphatic carbocycles. The van der Waals surface area contributed by atoms with Crippen LogP contribution in [0.4, 0.5) is 4.79 Å². The topological polar surface area (TPSA) is 80.8 Å². The first kappa shape index (κ1) is 16.8. The molecule has 1 aromatic carbocycles. The van der Waals surface area contributed by atoms with Crippen molar-refractivity contribution in [3.63, 3.8) is 0 Å². The van der Waals surface area contributed by atoms with Gasteiger partial charge in [0.05, 0.1) is 19.7 Å². The van der Waals surface area contributed by atoms with Gasteiger partial charge in [-0.05, 0) is 24.6 Å². The van der Waals surface area contributed by atoms with Crippen molar-refractivity contribution in [2.24, 2.45) is 0 Å². The lowest BCUT2D eigenvalue weighted by Gasteiger charge is -2.16. The normalized spacial score (nSPS) is 13.7. The van der Waals surface area contributed by atoms with Gasteiger partial charge in [0.15, 0.2) is 11.5 Å². The number of rotatable bonds is 7. The molecular weight excluding hydrogens is 322 g/mol. The van der Waals surface area contributed by atoms with E-state index in [2.05, 4.69) is 10.3 Å². The molecule has 0 unspecified atom stereocenters. The van der Waals surface area contributed by atoms with Gasteiger partial charge in [-0.25, -0.2) is 9.78 Å². The number of imide groups is 1. The number of carbonyl (C=O) groups is 2. The third-order valence-corrected chi connectivity index (χ3v) is 3.63. The van der Waals surface area contributed by atoms with Crippen molar-refractivity contribution < 1.29 is 19.1 Å². The summed E-state index contributed by atoms with van der Waals surface area (Å²) in [4.78, 5) is 28.9. The fraction of sp³-hybridized carbons (Fsp3) is 0.278. The molecule has 7 nitrogen and oxygen atoms in total. The summed E-state index contributed by atoms with van der Waals surface area (Å²) in [5.74, 6) is 1.22. The second kappa shape index (κ2) is 7.65. The molecule has 1 aliphatic rings. The zero-order valence-corrected chi connectivity index (χ0v) is 13.9. The second-order valence-electron chi connectivity index (χ2n) is 5.50. The summed E-state index contributed by atoms with van der Waals surface area (Å²) in [6, 6.07) is 10.4. The number of benzene rings is 1. The van der Waals surface area contributed by atoms with Gasteiger partial charge in [-0.15, -0.1) is 0 Å². The van der Waals surface area contributed by atoms with Gasteiger partial charge >= 0.3 is 6.03 Å². The molecule has 130 valence electrons. The van der Waals surface area contributed by atoms with Crippen LogP contribution in [0.25, 0.3) is 0 Å². The minimum absolute atomic E-state index is 0.0168. The number of amides is 3. The Morgan fingerprint density at radius 2 is 1.96 bits per heavy atom. The van der Waals surface area contributed by atoms with Crippen molar-refractivity contribution in [2.45, 2.75) is 19.9 Å². The van der Waals surface area contributed by atoms with Crippen molar-refractivity contribution in [1.82, 2.24) is 15.2 Å². The quantitative estimate of drug-likeness (QED) is 0.783. The Labute approximate surface area is 145 Å². The van der Waals surface area contributed by atoms with Crippen molar-refractivity contribution in [3.05, 3.63) is 48.2 Å². The number of nitrogens with zero attached hydrogens (tertiary/aromatic N) is 2. The Kier molecular flexibility index (Phi) is 5.13. The van der Waals surface area contributed by atoms with Crippen LogP contribution in [0.1, 0.15) is 18.9 Å². The van der Waals surface area contributed by atoms with Crippen LogP contribution >= 0.6 is 0 Å². The number of ether oxygens (including phenoxy) is 2. The van der Waals surface area contributed by atoms with E-state index in [0.29, 0.717) is 29.5 Å². The van der Waals surface area contributed by atoms with Crippen LogP contribution in [-0.2, 0) is 11.3 Å². The van der Waals surface area contributed by atoms with Gasteiger partial charge in [0.2, 0.25) is 11.8 Å². The summed E-state index contributed by atoms with van der Waals surface area (Å²) >= 11 is 0. The lowest BCUT2D eigenvalue weighted by Crippen LogP contribution is -2.30. The zero-order chi connectivity index (χ0) is 17.6. The molecule has 1 aromatic heterocycles. The standard InChI is InChI=1S/C18H19N3O4/c1-2-10-24-14-7-3-4-8-15(14)25-17-13(6-5-9-19-17)12-21-16(22)11-20-18(21)23/h3-9H,2,10-12H2,1H3,(H,20,23). The molecule has 2 heterocycles. The lowest BCUT2D eigenvalue weighted by atomic mass is 10.2. The van der Waals surface area contributed by atoms with E-state index in [1.807, 2.05) is 25.1 Å². The Morgan fingerprint density at radius 3 is 2.68 bits per heavy atom. The Hall–Kier alpha value is -3.09. The first-order chi connectivity index (χ1) is 12.2. The summed E-state index contributed by atoms with van der Waals surface area (Å²) in [6.07, 6.45) is 2.48. The van der Waals surface area contributed by atoms with Gasteiger partial charge in [0, 0.05) is 11.8 Å². The first-order valence-corrected chi connectivity index (χ1v) is 8.11. The molecular formula is C18H19N3O4. The van der Waals surface area contributed by atoms with Crippen LogP contribution in [0, 0.1) is 0 Å². The van der Waals surface area contributed by atoms with Gasteiger partial charge < -0.3 is 14.8 Å². The summed E-state index contributed by atoms with van der Waals surface area (Å²) in [5, 5.41) is 2.50. The number of aromatic nitrogens is 1. The maximum Gasteiger partial charge on any atom is 0.324 e. The molecule has 7 heteroatoms. The summed E-state index contributed by atoms with van der Waals surface area (Å²) in [5.41, 5.74) is 0.637. The highest BCUT2D eigenvalue weighted by Gasteiger charge is 2.29. The van der Waals surface area contributed by atoms with Crippen LogP contribution in [0.15, 0.2) is 42.6 Å². The maximum absolute atomic E-state index is 11.8. The summed E-state index contributed by atoms with van der Waals surface area (Å²) < 4.78 is 11.6. The van der Waals surface area contributed by atoms with Crippen LogP contribution in [0.5, 0.6) is 17.4 Å².